The van der Waals surface area contributed by atoms with Crippen LogP contribution in [0.1, 0.15) is 15.4 Å². The van der Waals surface area contributed by atoms with Crippen LogP contribution in [0.15, 0.2) is 30.5 Å². The van der Waals surface area contributed by atoms with Gasteiger partial charge in [-0.1, -0.05) is 23.7 Å². The van der Waals surface area contributed by atoms with E-state index in [1.807, 2.05) is 25.4 Å². The van der Waals surface area contributed by atoms with Crippen LogP contribution in [0.4, 0.5) is 0 Å². The first-order chi connectivity index (χ1) is 9.17. The average molecular weight is 295 g/mol. The number of nitrogens with one attached hydrogen (secondary N) is 1. The van der Waals surface area contributed by atoms with Gasteiger partial charge in [-0.25, -0.2) is 4.98 Å². The fourth-order valence-corrected chi connectivity index (χ4v) is 3.41. The summed E-state index contributed by atoms with van der Waals surface area (Å²) in [6.45, 7) is 3.06. The second-order valence-electron chi connectivity index (χ2n) is 4.81. The zero-order valence-corrected chi connectivity index (χ0v) is 12.9. The number of hydrogen-bond acceptors (Lipinski definition) is 3. The molecule has 0 aliphatic heterocycles. The van der Waals surface area contributed by atoms with Crippen molar-refractivity contribution < 1.29 is 0 Å². The van der Waals surface area contributed by atoms with Crippen molar-refractivity contribution in [1.29, 1.82) is 0 Å². The topological polar surface area (TPSA) is 24.9 Å². The maximum Gasteiger partial charge on any atom is 0.0896 e. The molecule has 2 nitrogen and oxygen atoms in total. The molecular weight excluding hydrogens is 276 g/mol. The van der Waals surface area contributed by atoms with E-state index in [9.17, 15) is 0 Å². The van der Waals surface area contributed by atoms with Gasteiger partial charge in [0.25, 0.3) is 0 Å². The number of halogens is 1. The molecule has 0 radical (unpaired) electrons. The lowest BCUT2D eigenvalue weighted by molar-refractivity contribution is 0.496. The fourth-order valence-electron chi connectivity index (χ4n) is 2.29. The van der Waals surface area contributed by atoms with E-state index >= 15 is 0 Å². The monoisotopic (exact) mass is 294 g/mol. The molecule has 0 amide bonds. The van der Waals surface area contributed by atoms with Crippen LogP contribution in [-0.2, 0) is 12.8 Å². The Morgan fingerprint density at radius 1 is 1.37 bits per heavy atom. The summed E-state index contributed by atoms with van der Waals surface area (Å²) in [6.07, 6.45) is 4.11. The van der Waals surface area contributed by atoms with E-state index in [2.05, 4.69) is 29.4 Å². The summed E-state index contributed by atoms with van der Waals surface area (Å²) in [5, 5.41) is 5.23. The molecule has 0 spiro atoms. The molecule has 2 rings (SSSR count). The molecule has 2 aromatic rings. The third-order valence-corrected chi connectivity index (χ3v) is 4.24. The van der Waals surface area contributed by atoms with E-state index < -0.39 is 0 Å². The number of hydrogen-bond donors (Lipinski definition) is 1. The molecule has 1 heterocycles. The zero-order chi connectivity index (χ0) is 13.7. The average Bonchev–Trinajstić information content (AvgIpc) is 2.75. The Morgan fingerprint density at radius 3 is 2.84 bits per heavy atom. The number of rotatable bonds is 6. The van der Waals surface area contributed by atoms with E-state index in [0.717, 1.165) is 29.4 Å². The van der Waals surface area contributed by atoms with E-state index in [1.165, 1.54) is 10.4 Å². The van der Waals surface area contributed by atoms with Crippen LogP contribution in [-0.4, -0.2) is 18.6 Å². The lowest BCUT2D eigenvalue weighted by Gasteiger charge is -2.15. The van der Waals surface area contributed by atoms with Gasteiger partial charge in [0.05, 0.1) is 5.01 Å². The van der Waals surface area contributed by atoms with Crippen molar-refractivity contribution in [2.45, 2.75) is 19.8 Å². The van der Waals surface area contributed by atoms with Crippen molar-refractivity contribution in [3.05, 3.63) is 50.9 Å². The quantitative estimate of drug-likeness (QED) is 0.878. The van der Waals surface area contributed by atoms with Crippen LogP contribution in [0.3, 0.4) is 0 Å². The van der Waals surface area contributed by atoms with Gasteiger partial charge in [-0.15, -0.1) is 11.3 Å². The molecule has 0 bridgehead atoms. The van der Waals surface area contributed by atoms with Crippen LogP contribution in [0, 0.1) is 12.8 Å². The molecule has 1 aromatic carbocycles. The van der Waals surface area contributed by atoms with E-state index in [4.69, 9.17) is 11.6 Å². The Balaban J connectivity index is 2.03. The van der Waals surface area contributed by atoms with Crippen LogP contribution in [0.5, 0.6) is 0 Å². The standard InChI is InChI=1S/C15H19ClN2S/c1-11-18-10-15(19-11)8-13(9-17-2)6-12-4-3-5-14(16)7-12/h3-5,7,10,13,17H,6,8-9H2,1-2H3. The molecule has 1 N–H and O–H groups in total. The Morgan fingerprint density at radius 2 is 2.21 bits per heavy atom. The Labute approximate surface area is 123 Å². The summed E-state index contributed by atoms with van der Waals surface area (Å²) in [7, 11) is 2.00. The molecule has 1 atom stereocenters. The minimum atomic E-state index is 0.573. The first-order valence-electron chi connectivity index (χ1n) is 6.47. The summed E-state index contributed by atoms with van der Waals surface area (Å²) >= 11 is 7.84. The van der Waals surface area contributed by atoms with Gasteiger partial charge in [0.1, 0.15) is 0 Å². The molecule has 0 saturated heterocycles. The minimum Gasteiger partial charge on any atom is -0.319 e. The van der Waals surface area contributed by atoms with Crippen molar-refractivity contribution in [3.63, 3.8) is 0 Å². The SMILES string of the molecule is CNCC(Cc1cccc(Cl)c1)Cc1cnc(C)s1. The van der Waals surface area contributed by atoms with Gasteiger partial charge >= 0.3 is 0 Å². The van der Waals surface area contributed by atoms with Gasteiger partial charge in [0.2, 0.25) is 0 Å². The summed E-state index contributed by atoms with van der Waals surface area (Å²) in [5.41, 5.74) is 1.30. The Hall–Kier alpha value is -0.900. The van der Waals surface area contributed by atoms with Gasteiger partial charge in [0, 0.05) is 16.1 Å². The number of aryl methyl sites for hydroxylation is 1. The van der Waals surface area contributed by atoms with Crippen LogP contribution in [0.25, 0.3) is 0 Å². The van der Waals surface area contributed by atoms with Crippen LogP contribution in [0.2, 0.25) is 5.02 Å². The molecule has 0 saturated carbocycles. The van der Waals surface area contributed by atoms with Crippen molar-refractivity contribution in [1.82, 2.24) is 10.3 Å². The van der Waals surface area contributed by atoms with Gasteiger partial charge in [0.15, 0.2) is 0 Å². The number of thiazole rings is 1. The van der Waals surface area contributed by atoms with Crippen molar-refractivity contribution in [3.8, 4) is 0 Å². The summed E-state index contributed by atoms with van der Waals surface area (Å²) in [5.74, 6) is 0.573. The molecule has 19 heavy (non-hydrogen) atoms. The summed E-state index contributed by atoms with van der Waals surface area (Å²) < 4.78 is 0. The van der Waals surface area contributed by atoms with Crippen molar-refractivity contribution in [2.24, 2.45) is 5.92 Å². The lowest BCUT2D eigenvalue weighted by Crippen LogP contribution is -2.22. The maximum absolute atomic E-state index is 6.05. The number of benzene rings is 1. The maximum atomic E-state index is 6.05. The van der Waals surface area contributed by atoms with Gasteiger partial charge in [-0.2, -0.15) is 0 Å². The molecule has 1 aromatic heterocycles. The second-order valence-corrected chi connectivity index (χ2v) is 6.56. The molecule has 4 heteroatoms. The van der Waals surface area contributed by atoms with Gasteiger partial charge in [-0.05, 0) is 57.0 Å². The lowest BCUT2D eigenvalue weighted by atomic mass is 9.95. The van der Waals surface area contributed by atoms with Gasteiger partial charge in [-0.3, -0.25) is 0 Å². The predicted molar refractivity (Wildman–Crippen MR) is 83.1 cm³/mol. The van der Waals surface area contributed by atoms with Crippen molar-refractivity contribution in [2.75, 3.05) is 13.6 Å². The summed E-state index contributed by atoms with van der Waals surface area (Å²) in [6, 6.07) is 8.14. The highest BCUT2D eigenvalue weighted by atomic mass is 35.5. The van der Waals surface area contributed by atoms with Crippen LogP contribution >= 0.6 is 22.9 Å². The highest BCUT2D eigenvalue weighted by molar-refractivity contribution is 7.11. The molecule has 0 fully saturated rings. The molecule has 102 valence electrons. The third kappa shape index (κ3) is 4.60. The van der Waals surface area contributed by atoms with Crippen LogP contribution < -0.4 is 5.32 Å². The van der Waals surface area contributed by atoms with E-state index in [-0.39, 0.29) is 0 Å². The highest BCUT2D eigenvalue weighted by Gasteiger charge is 2.12. The summed E-state index contributed by atoms with van der Waals surface area (Å²) in [4.78, 5) is 5.69. The minimum absolute atomic E-state index is 0.573. The number of nitrogens with zero attached hydrogens (tertiary/aromatic N) is 1. The zero-order valence-electron chi connectivity index (χ0n) is 11.3. The highest BCUT2D eigenvalue weighted by Crippen LogP contribution is 2.20. The number of aromatic nitrogens is 1. The molecule has 1 unspecified atom stereocenters. The van der Waals surface area contributed by atoms with E-state index in [0.29, 0.717) is 5.92 Å². The predicted octanol–water partition coefficient (Wildman–Crippen LogP) is 3.73. The fraction of sp³-hybridized carbons (Fsp3) is 0.400. The molecule has 0 aliphatic carbocycles. The Kier molecular flexibility index (Phi) is 5.37. The Bertz CT molecular complexity index is 524. The largest absolute Gasteiger partial charge is 0.319 e. The molecular formula is C15H19ClN2S. The van der Waals surface area contributed by atoms with E-state index in [1.54, 1.807) is 11.3 Å². The normalized spacial score (nSPS) is 12.6. The van der Waals surface area contributed by atoms with Crippen molar-refractivity contribution >= 4 is 22.9 Å². The van der Waals surface area contributed by atoms with Gasteiger partial charge < -0.3 is 5.32 Å². The third-order valence-electron chi connectivity index (χ3n) is 3.07. The molecule has 0 aliphatic rings. The first-order valence-corrected chi connectivity index (χ1v) is 7.67. The smallest absolute Gasteiger partial charge is 0.0896 e. The first kappa shape index (κ1) is 14.5. The second kappa shape index (κ2) is 7.04.